The molecule has 0 aliphatic carbocycles. The molecule has 1 aliphatic heterocycles. The molecule has 3 rings (SSSR count). The second-order valence-corrected chi connectivity index (χ2v) is 6.56. The molecule has 1 atom stereocenters. The molecule has 1 aromatic carbocycles. The molecule has 3 amide bonds. The van der Waals surface area contributed by atoms with Gasteiger partial charge in [-0.1, -0.05) is 30.0 Å². The van der Waals surface area contributed by atoms with Crippen LogP contribution in [0.4, 0.5) is 4.79 Å². The van der Waals surface area contributed by atoms with Crippen molar-refractivity contribution in [3.63, 3.8) is 0 Å². The van der Waals surface area contributed by atoms with E-state index in [1.807, 2.05) is 35.8 Å². The molecule has 7 nitrogen and oxygen atoms in total. The van der Waals surface area contributed by atoms with Crippen LogP contribution in [0.25, 0.3) is 5.69 Å². The molecular weight excluding hydrogens is 314 g/mol. The van der Waals surface area contributed by atoms with Gasteiger partial charge in [-0.05, 0) is 25.5 Å². The quantitative estimate of drug-likeness (QED) is 0.861. The van der Waals surface area contributed by atoms with E-state index in [4.69, 9.17) is 0 Å². The van der Waals surface area contributed by atoms with E-state index >= 15 is 0 Å². The topological polar surface area (TPSA) is 80.1 Å². The van der Waals surface area contributed by atoms with E-state index in [1.165, 1.54) is 16.7 Å². The summed E-state index contributed by atoms with van der Waals surface area (Å²) in [7, 11) is 0. The average Bonchev–Trinajstić information content (AvgIpc) is 3.16. The maximum atomic E-state index is 12.4. The summed E-state index contributed by atoms with van der Waals surface area (Å²) in [6.45, 7) is 4.69. The van der Waals surface area contributed by atoms with Crippen molar-refractivity contribution in [3.05, 3.63) is 36.2 Å². The molecule has 2 heterocycles. The number of carbonyl (C=O) groups excluding carboxylic acids is 2. The molecule has 120 valence electrons. The van der Waals surface area contributed by atoms with Gasteiger partial charge in [0.1, 0.15) is 6.33 Å². The summed E-state index contributed by atoms with van der Waals surface area (Å²) < 4.78 is 1.85. The number of urea groups is 1. The minimum Gasteiger partial charge on any atom is -0.336 e. The van der Waals surface area contributed by atoms with Crippen LogP contribution in [-0.2, 0) is 4.79 Å². The fourth-order valence-electron chi connectivity index (χ4n) is 2.41. The van der Waals surface area contributed by atoms with Gasteiger partial charge in [0.25, 0.3) is 0 Å². The van der Waals surface area contributed by atoms with Gasteiger partial charge in [-0.3, -0.25) is 14.3 Å². The number of thioether (sulfide) groups is 1. The van der Waals surface area contributed by atoms with Crippen molar-refractivity contribution in [2.45, 2.75) is 24.3 Å². The number of aromatic nitrogens is 3. The fourth-order valence-corrected chi connectivity index (χ4v) is 3.31. The van der Waals surface area contributed by atoms with Gasteiger partial charge in [0.2, 0.25) is 5.91 Å². The number of nitrogens with one attached hydrogen (secondary N) is 1. The summed E-state index contributed by atoms with van der Waals surface area (Å²) in [4.78, 5) is 25.2. The smallest absolute Gasteiger partial charge is 0.324 e. The fraction of sp³-hybridized carbons (Fsp3) is 0.333. The predicted molar refractivity (Wildman–Crippen MR) is 86.5 cm³/mol. The van der Waals surface area contributed by atoms with Crippen LogP contribution in [0.2, 0.25) is 0 Å². The van der Waals surface area contributed by atoms with Crippen molar-refractivity contribution in [3.8, 4) is 5.69 Å². The van der Waals surface area contributed by atoms with Crippen LogP contribution in [0.15, 0.2) is 35.7 Å². The number of imide groups is 1. The van der Waals surface area contributed by atoms with Crippen LogP contribution in [-0.4, -0.2) is 49.9 Å². The maximum absolute atomic E-state index is 12.4. The standard InChI is InChI=1S/C15H17N5O2S/c1-10-5-3-4-6-12(10)20-9-17-18-15(20)23-11(2)13(21)19-8-7-16-14(19)22/h3-6,9,11H,7-8H2,1-2H3,(H,16,22). The summed E-state index contributed by atoms with van der Waals surface area (Å²) in [6, 6.07) is 7.56. The van der Waals surface area contributed by atoms with E-state index in [1.54, 1.807) is 13.3 Å². The normalized spacial score (nSPS) is 15.6. The summed E-state index contributed by atoms with van der Waals surface area (Å²) in [5.74, 6) is -0.218. The lowest BCUT2D eigenvalue weighted by Gasteiger charge is -2.17. The minimum absolute atomic E-state index is 0.218. The van der Waals surface area contributed by atoms with Crippen molar-refractivity contribution in [2.75, 3.05) is 13.1 Å². The van der Waals surface area contributed by atoms with Crippen LogP contribution >= 0.6 is 11.8 Å². The predicted octanol–water partition coefficient (Wildman–Crippen LogP) is 1.61. The summed E-state index contributed by atoms with van der Waals surface area (Å²) in [5, 5.41) is 10.9. The zero-order valence-electron chi connectivity index (χ0n) is 12.9. The van der Waals surface area contributed by atoms with Gasteiger partial charge in [-0.2, -0.15) is 0 Å². The van der Waals surface area contributed by atoms with E-state index in [2.05, 4.69) is 15.5 Å². The Morgan fingerprint density at radius 2 is 2.17 bits per heavy atom. The highest BCUT2D eigenvalue weighted by Crippen LogP contribution is 2.26. The Hall–Kier alpha value is -2.35. The summed E-state index contributed by atoms with van der Waals surface area (Å²) in [5.41, 5.74) is 2.06. The zero-order valence-corrected chi connectivity index (χ0v) is 13.7. The maximum Gasteiger partial charge on any atom is 0.324 e. The SMILES string of the molecule is Cc1ccccc1-n1cnnc1SC(C)C(=O)N1CCNC1=O. The van der Waals surface area contributed by atoms with E-state index in [0.717, 1.165) is 11.3 Å². The largest absolute Gasteiger partial charge is 0.336 e. The third-order valence-electron chi connectivity index (χ3n) is 3.64. The Morgan fingerprint density at radius 3 is 2.87 bits per heavy atom. The number of amides is 3. The van der Waals surface area contributed by atoms with Crippen molar-refractivity contribution in [1.29, 1.82) is 0 Å². The van der Waals surface area contributed by atoms with Gasteiger partial charge in [-0.15, -0.1) is 10.2 Å². The third kappa shape index (κ3) is 3.07. The van der Waals surface area contributed by atoms with Crippen LogP contribution < -0.4 is 5.32 Å². The first-order chi connectivity index (χ1) is 11.1. The summed E-state index contributed by atoms with van der Waals surface area (Å²) >= 11 is 1.30. The molecule has 8 heteroatoms. The van der Waals surface area contributed by atoms with Gasteiger partial charge in [0, 0.05) is 13.1 Å². The Labute approximate surface area is 138 Å². The monoisotopic (exact) mass is 331 g/mol. The van der Waals surface area contributed by atoms with Crippen molar-refractivity contribution in [2.24, 2.45) is 0 Å². The molecule has 1 fully saturated rings. The van der Waals surface area contributed by atoms with Crippen LogP contribution in [0.1, 0.15) is 12.5 Å². The first-order valence-corrected chi connectivity index (χ1v) is 8.18. The number of carbonyl (C=O) groups is 2. The number of nitrogens with zero attached hydrogens (tertiary/aromatic N) is 4. The minimum atomic E-state index is -0.425. The Balaban J connectivity index is 1.79. The molecular formula is C15H17N5O2S. The highest BCUT2D eigenvalue weighted by atomic mass is 32.2. The molecule has 1 N–H and O–H groups in total. The highest BCUT2D eigenvalue weighted by Gasteiger charge is 2.31. The van der Waals surface area contributed by atoms with Gasteiger partial charge in [0.05, 0.1) is 10.9 Å². The molecule has 2 aromatic rings. The Morgan fingerprint density at radius 1 is 1.39 bits per heavy atom. The van der Waals surface area contributed by atoms with Crippen molar-refractivity contribution < 1.29 is 9.59 Å². The lowest BCUT2D eigenvalue weighted by atomic mass is 10.2. The van der Waals surface area contributed by atoms with Crippen molar-refractivity contribution in [1.82, 2.24) is 25.0 Å². The lowest BCUT2D eigenvalue weighted by molar-refractivity contribution is -0.126. The number of hydrogen-bond donors (Lipinski definition) is 1. The number of aryl methyl sites for hydroxylation is 1. The van der Waals surface area contributed by atoms with Gasteiger partial charge in [0.15, 0.2) is 5.16 Å². The molecule has 1 unspecified atom stereocenters. The van der Waals surface area contributed by atoms with Crippen LogP contribution in [0.5, 0.6) is 0 Å². The Bertz CT molecular complexity index is 745. The van der Waals surface area contributed by atoms with Gasteiger partial charge in [-0.25, -0.2) is 4.79 Å². The van der Waals surface area contributed by atoms with Gasteiger partial charge < -0.3 is 5.32 Å². The van der Waals surface area contributed by atoms with E-state index in [9.17, 15) is 9.59 Å². The second-order valence-electron chi connectivity index (χ2n) is 5.25. The molecule has 0 bridgehead atoms. The lowest BCUT2D eigenvalue weighted by Crippen LogP contribution is -2.39. The Kier molecular flexibility index (Phi) is 4.33. The second kappa shape index (κ2) is 6.41. The number of para-hydroxylation sites is 1. The summed E-state index contributed by atoms with van der Waals surface area (Å²) in [6.07, 6.45) is 1.63. The molecule has 0 radical (unpaired) electrons. The first kappa shape index (κ1) is 15.5. The first-order valence-electron chi connectivity index (χ1n) is 7.30. The van der Waals surface area contributed by atoms with Crippen molar-refractivity contribution >= 4 is 23.7 Å². The average molecular weight is 331 g/mol. The number of benzene rings is 1. The van der Waals surface area contributed by atoms with Gasteiger partial charge >= 0.3 is 6.03 Å². The van der Waals surface area contributed by atoms with E-state index in [0.29, 0.717) is 18.2 Å². The highest BCUT2D eigenvalue weighted by molar-refractivity contribution is 8.00. The van der Waals surface area contributed by atoms with E-state index in [-0.39, 0.29) is 11.9 Å². The molecule has 1 aromatic heterocycles. The van der Waals surface area contributed by atoms with E-state index < -0.39 is 5.25 Å². The van der Waals surface area contributed by atoms with Crippen LogP contribution in [0, 0.1) is 6.92 Å². The molecule has 1 saturated heterocycles. The molecule has 0 saturated carbocycles. The molecule has 1 aliphatic rings. The molecule has 23 heavy (non-hydrogen) atoms. The van der Waals surface area contributed by atoms with Crippen LogP contribution in [0.3, 0.4) is 0 Å². The number of rotatable bonds is 4. The molecule has 0 spiro atoms. The third-order valence-corrected chi connectivity index (χ3v) is 4.69. The zero-order chi connectivity index (χ0) is 16.4. The number of hydrogen-bond acceptors (Lipinski definition) is 5.